The number of likely N-dealkylation sites (tertiary alicyclic amines) is 1. The SMILES string of the molecule is COCc1ccc(C2CCCN2C(=O)c2ccc3oc(=O)[nH]c3n2)o1. The Labute approximate surface area is 142 Å². The lowest BCUT2D eigenvalue weighted by molar-refractivity contribution is 0.0710. The molecule has 1 amide bonds. The van der Waals surface area contributed by atoms with Gasteiger partial charge < -0.3 is 18.5 Å². The molecule has 1 atom stereocenters. The zero-order valence-electron chi connectivity index (χ0n) is 13.7. The third-order valence-corrected chi connectivity index (χ3v) is 4.31. The first-order valence-corrected chi connectivity index (χ1v) is 8.04. The predicted octanol–water partition coefficient (Wildman–Crippen LogP) is 2.23. The molecular formula is C17H17N3O5. The molecule has 4 heterocycles. The normalized spacial score (nSPS) is 17.5. The van der Waals surface area contributed by atoms with Crippen LogP contribution in [0.15, 0.2) is 37.9 Å². The fraction of sp³-hybridized carbons (Fsp3) is 0.353. The molecule has 1 N–H and O–H groups in total. The number of nitrogens with one attached hydrogen (secondary N) is 1. The van der Waals surface area contributed by atoms with Crippen LogP contribution in [0.2, 0.25) is 0 Å². The van der Waals surface area contributed by atoms with Crippen molar-refractivity contribution >= 4 is 17.1 Å². The maximum Gasteiger partial charge on any atom is 0.418 e. The van der Waals surface area contributed by atoms with Crippen LogP contribution in [0.5, 0.6) is 0 Å². The van der Waals surface area contributed by atoms with Gasteiger partial charge in [-0.05, 0) is 37.1 Å². The molecule has 0 saturated carbocycles. The molecule has 25 heavy (non-hydrogen) atoms. The van der Waals surface area contributed by atoms with Gasteiger partial charge in [0.2, 0.25) is 0 Å². The fourth-order valence-corrected chi connectivity index (χ4v) is 3.21. The van der Waals surface area contributed by atoms with E-state index >= 15 is 0 Å². The number of aromatic nitrogens is 2. The summed E-state index contributed by atoms with van der Waals surface area (Å²) in [6, 6.07) is 6.76. The van der Waals surface area contributed by atoms with Gasteiger partial charge in [-0.15, -0.1) is 0 Å². The van der Waals surface area contributed by atoms with Crippen molar-refractivity contribution in [2.45, 2.75) is 25.5 Å². The Morgan fingerprint density at radius 3 is 3.08 bits per heavy atom. The highest BCUT2D eigenvalue weighted by molar-refractivity contribution is 5.94. The second-order valence-corrected chi connectivity index (χ2v) is 5.95. The molecule has 1 fully saturated rings. The quantitative estimate of drug-likeness (QED) is 0.779. The van der Waals surface area contributed by atoms with E-state index in [1.54, 1.807) is 24.1 Å². The Morgan fingerprint density at radius 1 is 1.36 bits per heavy atom. The van der Waals surface area contributed by atoms with Gasteiger partial charge in [-0.3, -0.25) is 9.78 Å². The van der Waals surface area contributed by atoms with E-state index in [2.05, 4.69) is 9.97 Å². The van der Waals surface area contributed by atoms with E-state index in [-0.39, 0.29) is 23.3 Å². The number of carbonyl (C=O) groups excluding carboxylic acids is 1. The van der Waals surface area contributed by atoms with Crippen LogP contribution in [-0.2, 0) is 11.3 Å². The number of rotatable bonds is 4. The Kier molecular flexibility index (Phi) is 3.89. The minimum atomic E-state index is -0.590. The molecule has 1 saturated heterocycles. The maximum atomic E-state index is 12.9. The van der Waals surface area contributed by atoms with E-state index in [4.69, 9.17) is 13.6 Å². The van der Waals surface area contributed by atoms with Gasteiger partial charge in [0, 0.05) is 13.7 Å². The van der Waals surface area contributed by atoms with E-state index in [0.717, 1.165) is 24.4 Å². The van der Waals surface area contributed by atoms with Crippen molar-refractivity contribution in [3.05, 3.63) is 52.0 Å². The summed E-state index contributed by atoms with van der Waals surface area (Å²) in [5.41, 5.74) is 0.863. The first kappa shape index (κ1) is 15.6. The Morgan fingerprint density at radius 2 is 2.24 bits per heavy atom. The maximum absolute atomic E-state index is 12.9. The summed E-state index contributed by atoms with van der Waals surface area (Å²) in [4.78, 5) is 32.6. The lowest BCUT2D eigenvalue weighted by Crippen LogP contribution is -2.31. The van der Waals surface area contributed by atoms with Gasteiger partial charge in [0.25, 0.3) is 5.91 Å². The third kappa shape index (κ3) is 2.85. The Bertz CT molecular complexity index is 970. The van der Waals surface area contributed by atoms with Crippen molar-refractivity contribution in [2.75, 3.05) is 13.7 Å². The summed E-state index contributed by atoms with van der Waals surface area (Å²) in [6.45, 7) is 1.03. The van der Waals surface area contributed by atoms with Crippen molar-refractivity contribution in [1.82, 2.24) is 14.9 Å². The molecule has 130 valence electrons. The average Bonchev–Trinajstić information content (AvgIpc) is 3.31. The van der Waals surface area contributed by atoms with Gasteiger partial charge in [0.1, 0.15) is 23.8 Å². The molecule has 1 unspecified atom stereocenters. The standard InChI is InChI=1S/C17H17N3O5/c1-23-9-10-4-6-13(24-10)12-3-2-8-20(12)16(21)11-5-7-14-15(18-11)19-17(22)25-14/h4-7,12H,2-3,8-9H2,1H3,(H,18,19,22). The summed E-state index contributed by atoms with van der Waals surface area (Å²) in [5, 5.41) is 0. The monoisotopic (exact) mass is 343 g/mol. The topological polar surface area (TPSA) is 102 Å². The van der Waals surface area contributed by atoms with Crippen molar-refractivity contribution in [3.63, 3.8) is 0 Å². The van der Waals surface area contributed by atoms with Crippen molar-refractivity contribution in [1.29, 1.82) is 0 Å². The molecule has 0 aromatic carbocycles. The van der Waals surface area contributed by atoms with E-state index in [9.17, 15) is 9.59 Å². The number of carbonyl (C=O) groups is 1. The van der Waals surface area contributed by atoms with Crippen LogP contribution in [0.4, 0.5) is 0 Å². The van der Waals surface area contributed by atoms with E-state index in [1.165, 1.54) is 0 Å². The minimum Gasteiger partial charge on any atom is -0.461 e. The van der Waals surface area contributed by atoms with E-state index in [0.29, 0.717) is 18.7 Å². The summed E-state index contributed by atoms with van der Waals surface area (Å²) >= 11 is 0. The van der Waals surface area contributed by atoms with Gasteiger partial charge in [-0.25, -0.2) is 9.78 Å². The highest BCUT2D eigenvalue weighted by Crippen LogP contribution is 2.34. The predicted molar refractivity (Wildman–Crippen MR) is 87.1 cm³/mol. The summed E-state index contributed by atoms with van der Waals surface area (Å²) in [6.07, 6.45) is 1.72. The van der Waals surface area contributed by atoms with Gasteiger partial charge in [-0.1, -0.05) is 0 Å². The molecule has 0 bridgehead atoms. The number of fused-ring (bicyclic) bond motifs is 1. The van der Waals surface area contributed by atoms with E-state index < -0.39 is 5.76 Å². The van der Waals surface area contributed by atoms with Crippen LogP contribution < -0.4 is 5.76 Å². The molecule has 0 radical (unpaired) electrons. The number of hydrogen-bond donors (Lipinski definition) is 1. The number of nitrogens with zero attached hydrogens (tertiary/aromatic N) is 2. The fourth-order valence-electron chi connectivity index (χ4n) is 3.21. The van der Waals surface area contributed by atoms with Crippen molar-refractivity contribution in [2.24, 2.45) is 0 Å². The number of ether oxygens (including phenoxy) is 1. The van der Waals surface area contributed by atoms with Crippen LogP contribution in [0.3, 0.4) is 0 Å². The lowest BCUT2D eigenvalue weighted by atomic mass is 10.1. The largest absolute Gasteiger partial charge is 0.461 e. The smallest absolute Gasteiger partial charge is 0.418 e. The molecule has 1 aliphatic rings. The highest BCUT2D eigenvalue weighted by Gasteiger charge is 2.33. The molecular weight excluding hydrogens is 326 g/mol. The van der Waals surface area contributed by atoms with Crippen LogP contribution in [0, 0.1) is 0 Å². The zero-order valence-corrected chi connectivity index (χ0v) is 13.7. The molecule has 3 aromatic rings. The number of aromatic amines is 1. The number of oxazole rings is 1. The van der Waals surface area contributed by atoms with Gasteiger partial charge in [-0.2, -0.15) is 0 Å². The van der Waals surface area contributed by atoms with Gasteiger partial charge >= 0.3 is 5.76 Å². The second-order valence-electron chi connectivity index (χ2n) is 5.95. The van der Waals surface area contributed by atoms with Crippen molar-refractivity contribution in [3.8, 4) is 0 Å². The Balaban J connectivity index is 1.61. The summed E-state index contributed by atoms with van der Waals surface area (Å²) in [7, 11) is 1.61. The number of amides is 1. The molecule has 0 spiro atoms. The number of methoxy groups -OCH3 is 1. The Hall–Kier alpha value is -2.87. The first-order valence-electron chi connectivity index (χ1n) is 8.04. The van der Waals surface area contributed by atoms with Gasteiger partial charge in [0.05, 0.1) is 6.04 Å². The van der Waals surface area contributed by atoms with Crippen LogP contribution in [0.25, 0.3) is 11.2 Å². The summed E-state index contributed by atoms with van der Waals surface area (Å²) in [5.74, 6) is 0.687. The molecule has 1 aliphatic heterocycles. The van der Waals surface area contributed by atoms with Gasteiger partial charge in [0.15, 0.2) is 11.2 Å². The van der Waals surface area contributed by atoms with Crippen molar-refractivity contribution < 1.29 is 18.4 Å². The molecule has 4 rings (SSSR count). The van der Waals surface area contributed by atoms with E-state index in [1.807, 2.05) is 12.1 Å². The second kappa shape index (κ2) is 6.21. The number of hydrogen-bond acceptors (Lipinski definition) is 6. The zero-order chi connectivity index (χ0) is 17.4. The molecule has 8 heteroatoms. The number of H-pyrrole nitrogens is 1. The molecule has 3 aromatic heterocycles. The molecule has 8 nitrogen and oxygen atoms in total. The lowest BCUT2D eigenvalue weighted by Gasteiger charge is -2.22. The minimum absolute atomic E-state index is 0.126. The van der Waals surface area contributed by atoms with Crippen LogP contribution >= 0.6 is 0 Å². The average molecular weight is 343 g/mol. The third-order valence-electron chi connectivity index (χ3n) is 4.31. The number of pyridine rings is 1. The van der Waals surface area contributed by atoms with Crippen LogP contribution in [0.1, 0.15) is 40.9 Å². The molecule has 0 aliphatic carbocycles. The summed E-state index contributed by atoms with van der Waals surface area (Å²) < 4.78 is 15.8. The number of furan rings is 1. The first-order chi connectivity index (χ1) is 12.2. The highest BCUT2D eigenvalue weighted by atomic mass is 16.5. The van der Waals surface area contributed by atoms with Crippen LogP contribution in [-0.4, -0.2) is 34.4 Å².